The monoisotopic (exact) mass is 444 g/mol. The predicted octanol–water partition coefficient (Wildman–Crippen LogP) is 5.47. The van der Waals surface area contributed by atoms with Gasteiger partial charge in [0, 0.05) is 15.1 Å². The van der Waals surface area contributed by atoms with E-state index in [0.717, 1.165) is 4.47 Å². The molecule has 8 heteroatoms. The summed E-state index contributed by atoms with van der Waals surface area (Å²) in [5, 5.41) is 16.6. The van der Waals surface area contributed by atoms with E-state index < -0.39 is 12.2 Å². The van der Waals surface area contributed by atoms with E-state index >= 15 is 0 Å². The first kappa shape index (κ1) is 19.0. The molecular formula is C19H14BrClN4O2. The molecule has 0 aliphatic carbocycles. The molecule has 3 rings (SSSR count). The summed E-state index contributed by atoms with van der Waals surface area (Å²) < 4.78 is 7.78. The summed E-state index contributed by atoms with van der Waals surface area (Å²) in [6.07, 6.45) is 0.112. The highest BCUT2D eigenvalue weighted by Gasteiger charge is 2.19. The average Bonchev–Trinajstić information content (AvgIpc) is 3.05. The van der Waals surface area contributed by atoms with Gasteiger partial charge in [-0.2, -0.15) is 10.4 Å². The van der Waals surface area contributed by atoms with Crippen molar-refractivity contribution in [3.8, 4) is 11.8 Å². The molecule has 1 heterocycles. The zero-order valence-corrected chi connectivity index (χ0v) is 16.5. The molecule has 0 aliphatic rings. The number of anilines is 1. The molecule has 1 amide bonds. The molecule has 0 spiro atoms. The van der Waals surface area contributed by atoms with Crippen molar-refractivity contribution in [3.05, 3.63) is 75.4 Å². The van der Waals surface area contributed by atoms with Crippen molar-refractivity contribution in [2.75, 3.05) is 5.32 Å². The molecule has 0 bridgehead atoms. The molecule has 1 N–H and O–H groups in total. The van der Waals surface area contributed by atoms with Crippen molar-refractivity contribution < 1.29 is 9.53 Å². The SMILES string of the molecule is CC(OC(=O)Nc1c(C#N)cnn1-c1ccc(Br)cc1)c1ccccc1Cl. The number of rotatable bonds is 4. The fraction of sp³-hybridized carbons (Fsp3) is 0.105. The summed E-state index contributed by atoms with van der Waals surface area (Å²) in [6, 6.07) is 16.4. The molecule has 3 aromatic rings. The van der Waals surface area contributed by atoms with Crippen LogP contribution in [0.15, 0.2) is 59.2 Å². The van der Waals surface area contributed by atoms with Crippen LogP contribution in [-0.2, 0) is 4.74 Å². The molecule has 0 radical (unpaired) electrons. The molecule has 0 aliphatic heterocycles. The fourth-order valence-corrected chi connectivity index (χ4v) is 3.04. The van der Waals surface area contributed by atoms with Gasteiger partial charge < -0.3 is 4.74 Å². The zero-order valence-electron chi connectivity index (χ0n) is 14.2. The van der Waals surface area contributed by atoms with E-state index in [9.17, 15) is 10.1 Å². The lowest BCUT2D eigenvalue weighted by Crippen LogP contribution is -2.19. The highest BCUT2D eigenvalue weighted by Crippen LogP contribution is 2.26. The third kappa shape index (κ3) is 4.30. The molecule has 1 aromatic heterocycles. The molecule has 1 atom stereocenters. The topological polar surface area (TPSA) is 79.9 Å². The Kier molecular flexibility index (Phi) is 5.79. The summed E-state index contributed by atoms with van der Waals surface area (Å²) in [6.45, 7) is 1.72. The number of halogens is 2. The number of nitrogens with one attached hydrogen (secondary N) is 1. The quantitative estimate of drug-likeness (QED) is 0.577. The van der Waals surface area contributed by atoms with Crippen LogP contribution in [-0.4, -0.2) is 15.9 Å². The van der Waals surface area contributed by atoms with Crippen molar-refractivity contribution in [2.24, 2.45) is 0 Å². The summed E-state index contributed by atoms with van der Waals surface area (Å²) in [4.78, 5) is 12.4. The van der Waals surface area contributed by atoms with Gasteiger partial charge in [0.2, 0.25) is 0 Å². The van der Waals surface area contributed by atoms with Crippen LogP contribution in [0.4, 0.5) is 10.6 Å². The molecule has 27 heavy (non-hydrogen) atoms. The van der Waals surface area contributed by atoms with E-state index in [4.69, 9.17) is 16.3 Å². The van der Waals surface area contributed by atoms with Crippen LogP contribution in [0, 0.1) is 11.3 Å². The summed E-state index contributed by atoms with van der Waals surface area (Å²) >= 11 is 9.51. The number of carbonyl (C=O) groups excluding carboxylic acids is 1. The highest BCUT2D eigenvalue weighted by molar-refractivity contribution is 9.10. The number of aromatic nitrogens is 2. The lowest BCUT2D eigenvalue weighted by Gasteiger charge is -2.16. The van der Waals surface area contributed by atoms with Crippen LogP contribution in [0.2, 0.25) is 5.02 Å². The number of hydrogen-bond acceptors (Lipinski definition) is 4. The maximum Gasteiger partial charge on any atom is 0.413 e. The van der Waals surface area contributed by atoms with Gasteiger partial charge in [-0.25, -0.2) is 9.48 Å². The van der Waals surface area contributed by atoms with Crippen LogP contribution < -0.4 is 5.32 Å². The van der Waals surface area contributed by atoms with Gasteiger partial charge in [-0.1, -0.05) is 45.7 Å². The largest absolute Gasteiger partial charge is 0.441 e. The Morgan fingerprint density at radius 1 is 1.30 bits per heavy atom. The second-order valence-corrected chi connectivity index (χ2v) is 6.92. The normalized spacial score (nSPS) is 11.5. The van der Waals surface area contributed by atoms with Crippen LogP contribution in [0.5, 0.6) is 0 Å². The number of nitrogens with zero attached hydrogens (tertiary/aromatic N) is 3. The lowest BCUT2D eigenvalue weighted by molar-refractivity contribution is 0.121. The Labute approximate surface area is 169 Å². The van der Waals surface area contributed by atoms with Gasteiger partial charge in [0.15, 0.2) is 5.82 Å². The Balaban J connectivity index is 1.82. The minimum absolute atomic E-state index is 0.222. The molecule has 2 aromatic carbocycles. The summed E-state index contributed by atoms with van der Waals surface area (Å²) in [5.74, 6) is 0.233. The zero-order chi connectivity index (χ0) is 19.4. The van der Waals surface area contributed by atoms with Gasteiger partial charge in [0.25, 0.3) is 0 Å². The van der Waals surface area contributed by atoms with Gasteiger partial charge in [0.05, 0.1) is 11.9 Å². The van der Waals surface area contributed by atoms with Gasteiger partial charge >= 0.3 is 6.09 Å². The smallest absolute Gasteiger partial charge is 0.413 e. The second-order valence-electron chi connectivity index (χ2n) is 5.60. The molecule has 6 nitrogen and oxygen atoms in total. The van der Waals surface area contributed by atoms with E-state index in [1.807, 2.05) is 24.3 Å². The first-order valence-electron chi connectivity index (χ1n) is 7.95. The van der Waals surface area contributed by atoms with Crippen molar-refractivity contribution in [3.63, 3.8) is 0 Å². The molecule has 136 valence electrons. The Bertz CT molecular complexity index is 1010. The Hall–Kier alpha value is -2.82. The van der Waals surface area contributed by atoms with Gasteiger partial charge in [-0.05, 0) is 37.3 Å². The average molecular weight is 446 g/mol. The van der Waals surface area contributed by atoms with E-state index in [1.165, 1.54) is 10.9 Å². The van der Waals surface area contributed by atoms with E-state index in [1.54, 1.807) is 37.3 Å². The van der Waals surface area contributed by atoms with Crippen LogP contribution in [0.1, 0.15) is 24.2 Å². The van der Waals surface area contributed by atoms with Crippen molar-refractivity contribution in [1.29, 1.82) is 5.26 Å². The second kappa shape index (κ2) is 8.25. The van der Waals surface area contributed by atoms with Crippen molar-refractivity contribution in [2.45, 2.75) is 13.0 Å². The lowest BCUT2D eigenvalue weighted by atomic mass is 10.1. The molecule has 0 fully saturated rings. The number of amides is 1. The summed E-state index contributed by atoms with van der Waals surface area (Å²) in [5.41, 5.74) is 1.60. The van der Waals surface area contributed by atoms with E-state index in [-0.39, 0.29) is 11.4 Å². The van der Waals surface area contributed by atoms with Crippen molar-refractivity contribution >= 4 is 39.4 Å². The predicted molar refractivity (Wildman–Crippen MR) is 106 cm³/mol. The molecule has 0 saturated heterocycles. The summed E-state index contributed by atoms with van der Waals surface area (Å²) in [7, 11) is 0. The van der Waals surface area contributed by atoms with Gasteiger partial charge in [0.1, 0.15) is 17.7 Å². The van der Waals surface area contributed by atoms with E-state index in [2.05, 4.69) is 26.3 Å². The maximum absolute atomic E-state index is 12.4. The third-order valence-corrected chi connectivity index (χ3v) is 4.68. The van der Waals surface area contributed by atoms with Crippen LogP contribution in [0.3, 0.4) is 0 Å². The van der Waals surface area contributed by atoms with Gasteiger partial charge in [-0.15, -0.1) is 0 Å². The molecule has 0 saturated carbocycles. The number of ether oxygens (including phenoxy) is 1. The maximum atomic E-state index is 12.4. The van der Waals surface area contributed by atoms with E-state index in [0.29, 0.717) is 16.3 Å². The number of benzene rings is 2. The first-order chi connectivity index (χ1) is 13.0. The first-order valence-corrected chi connectivity index (χ1v) is 9.13. The standard InChI is InChI=1S/C19H14BrClN4O2/c1-12(16-4-2-3-5-17(16)21)27-19(26)24-18-13(10-22)11-23-25(18)15-8-6-14(20)7-9-15/h2-9,11-12H,1H3,(H,24,26). The Morgan fingerprint density at radius 2 is 2.00 bits per heavy atom. The number of carbonyl (C=O) groups is 1. The highest BCUT2D eigenvalue weighted by atomic mass is 79.9. The minimum Gasteiger partial charge on any atom is -0.441 e. The van der Waals surface area contributed by atoms with Crippen molar-refractivity contribution in [1.82, 2.24) is 9.78 Å². The number of hydrogen-bond donors (Lipinski definition) is 1. The fourth-order valence-electron chi connectivity index (χ4n) is 2.48. The Morgan fingerprint density at radius 3 is 2.67 bits per heavy atom. The number of nitriles is 1. The van der Waals surface area contributed by atoms with Gasteiger partial charge in [-0.3, -0.25) is 5.32 Å². The molecule has 1 unspecified atom stereocenters. The third-order valence-electron chi connectivity index (χ3n) is 3.81. The van der Waals surface area contributed by atoms with Crippen LogP contribution in [0.25, 0.3) is 5.69 Å². The minimum atomic E-state index is -0.710. The molecular weight excluding hydrogens is 432 g/mol. The van der Waals surface area contributed by atoms with Crippen LogP contribution >= 0.6 is 27.5 Å².